The minimum atomic E-state index is -0.929. The van der Waals surface area contributed by atoms with Crippen molar-refractivity contribution >= 4 is 11.8 Å². The van der Waals surface area contributed by atoms with Crippen LogP contribution in [0.4, 0.5) is 0 Å². The van der Waals surface area contributed by atoms with E-state index in [0.717, 1.165) is 0 Å². The van der Waals surface area contributed by atoms with Gasteiger partial charge in [-0.3, -0.25) is 4.79 Å². The van der Waals surface area contributed by atoms with Crippen LogP contribution in [0.1, 0.15) is 17.3 Å². The minimum absolute atomic E-state index is 0.0410. The zero-order valence-corrected chi connectivity index (χ0v) is 13.9. The van der Waals surface area contributed by atoms with E-state index >= 15 is 0 Å². The van der Waals surface area contributed by atoms with Crippen LogP contribution >= 0.6 is 0 Å². The maximum atomic E-state index is 12.4. The van der Waals surface area contributed by atoms with Crippen LogP contribution in [0.2, 0.25) is 0 Å². The fourth-order valence-electron chi connectivity index (χ4n) is 2.43. The highest BCUT2D eigenvalue weighted by Gasteiger charge is 2.31. The van der Waals surface area contributed by atoms with Crippen molar-refractivity contribution in [2.75, 3.05) is 13.7 Å². The molecule has 0 saturated carbocycles. The van der Waals surface area contributed by atoms with Gasteiger partial charge in [-0.15, -0.1) is 0 Å². The lowest BCUT2D eigenvalue weighted by molar-refractivity contribution is -0.157. The Labute approximate surface area is 145 Å². The van der Waals surface area contributed by atoms with E-state index in [1.54, 1.807) is 49.6 Å². The summed E-state index contributed by atoms with van der Waals surface area (Å²) in [6, 6.07) is 13.7. The van der Waals surface area contributed by atoms with Crippen molar-refractivity contribution in [3.8, 4) is 17.2 Å². The summed E-state index contributed by atoms with van der Waals surface area (Å²) in [4.78, 5) is 24.6. The average Bonchev–Trinajstić information content (AvgIpc) is 2.67. The van der Waals surface area contributed by atoms with Crippen LogP contribution in [0.5, 0.6) is 17.2 Å². The van der Waals surface area contributed by atoms with Crippen LogP contribution in [0.3, 0.4) is 0 Å². The number of esters is 1. The molecule has 0 bridgehead atoms. The van der Waals surface area contributed by atoms with Gasteiger partial charge >= 0.3 is 5.97 Å². The third-order valence-corrected chi connectivity index (χ3v) is 3.81. The van der Waals surface area contributed by atoms with E-state index in [9.17, 15) is 9.59 Å². The van der Waals surface area contributed by atoms with Crippen LogP contribution in [-0.4, -0.2) is 37.7 Å². The summed E-state index contributed by atoms with van der Waals surface area (Å²) in [6.45, 7) is 1.57. The first-order valence-corrected chi connectivity index (χ1v) is 7.85. The SMILES string of the molecule is COc1ccc(C(=O)[C@H](C)OC(=O)[C@H]2COc3ccccc3O2)cc1. The molecule has 0 radical (unpaired) electrons. The van der Waals surface area contributed by atoms with Gasteiger partial charge in [0.15, 0.2) is 17.6 Å². The van der Waals surface area contributed by atoms with Crippen LogP contribution in [0.25, 0.3) is 0 Å². The zero-order valence-electron chi connectivity index (χ0n) is 13.9. The molecule has 1 heterocycles. The number of carbonyl (C=O) groups excluding carboxylic acids is 2. The Morgan fingerprint density at radius 2 is 1.76 bits per heavy atom. The molecule has 6 nitrogen and oxygen atoms in total. The molecule has 0 aromatic heterocycles. The van der Waals surface area contributed by atoms with Crippen molar-refractivity contribution in [3.63, 3.8) is 0 Å². The Morgan fingerprint density at radius 1 is 1.08 bits per heavy atom. The number of hydrogen-bond donors (Lipinski definition) is 0. The standard InChI is InChI=1S/C19H18O6/c1-12(18(20)13-7-9-14(22-2)10-8-13)24-19(21)17-11-23-15-5-3-4-6-16(15)25-17/h3-10,12,17H,11H2,1-2H3/t12-,17+/m0/s1. The van der Waals surface area contributed by atoms with Gasteiger partial charge in [0.25, 0.3) is 0 Å². The van der Waals surface area contributed by atoms with E-state index in [-0.39, 0.29) is 12.4 Å². The van der Waals surface area contributed by atoms with Gasteiger partial charge in [-0.2, -0.15) is 0 Å². The van der Waals surface area contributed by atoms with Gasteiger partial charge in [0.2, 0.25) is 11.9 Å². The Balaban J connectivity index is 1.61. The number of hydrogen-bond acceptors (Lipinski definition) is 6. The fourth-order valence-corrected chi connectivity index (χ4v) is 2.43. The molecule has 0 amide bonds. The van der Waals surface area contributed by atoms with Gasteiger partial charge in [-0.05, 0) is 43.3 Å². The van der Waals surface area contributed by atoms with Crippen molar-refractivity contribution in [1.82, 2.24) is 0 Å². The number of ketones is 1. The van der Waals surface area contributed by atoms with Gasteiger partial charge in [-0.1, -0.05) is 12.1 Å². The molecule has 0 aliphatic carbocycles. The lowest BCUT2D eigenvalue weighted by Crippen LogP contribution is -2.40. The largest absolute Gasteiger partial charge is 0.497 e. The van der Waals surface area contributed by atoms with Gasteiger partial charge in [-0.25, -0.2) is 4.79 Å². The second kappa shape index (κ2) is 7.25. The number of para-hydroxylation sites is 2. The van der Waals surface area contributed by atoms with Gasteiger partial charge < -0.3 is 18.9 Å². The highest BCUT2D eigenvalue weighted by molar-refractivity contribution is 6.00. The quantitative estimate of drug-likeness (QED) is 0.614. The average molecular weight is 342 g/mol. The number of carbonyl (C=O) groups is 2. The van der Waals surface area contributed by atoms with Gasteiger partial charge in [0.1, 0.15) is 12.4 Å². The predicted molar refractivity (Wildman–Crippen MR) is 89.2 cm³/mol. The highest BCUT2D eigenvalue weighted by Crippen LogP contribution is 2.31. The number of benzene rings is 2. The Hall–Kier alpha value is -3.02. The van der Waals surface area contributed by atoms with Crippen molar-refractivity contribution in [2.24, 2.45) is 0 Å². The van der Waals surface area contributed by atoms with E-state index in [0.29, 0.717) is 22.8 Å². The summed E-state index contributed by atoms with van der Waals surface area (Å²) in [5.41, 5.74) is 0.437. The van der Waals surface area contributed by atoms with Crippen molar-refractivity contribution in [1.29, 1.82) is 0 Å². The smallest absolute Gasteiger partial charge is 0.351 e. The van der Waals surface area contributed by atoms with E-state index in [1.807, 2.05) is 6.07 Å². The monoisotopic (exact) mass is 342 g/mol. The predicted octanol–water partition coefficient (Wildman–Crippen LogP) is 2.65. The Bertz CT molecular complexity index is 768. The Morgan fingerprint density at radius 3 is 2.44 bits per heavy atom. The molecule has 2 aromatic carbocycles. The van der Waals surface area contributed by atoms with Crippen molar-refractivity contribution < 1.29 is 28.5 Å². The van der Waals surface area contributed by atoms with Crippen LogP contribution in [0.15, 0.2) is 48.5 Å². The lowest BCUT2D eigenvalue weighted by Gasteiger charge is -2.25. The molecule has 0 spiro atoms. The fraction of sp³-hybridized carbons (Fsp3) is 0.263. The lowest BCUT2D eigenvalue weighted by atomic mass is 10.1. The molecule has 0 N–H and O–H groups in total. The summed E-state index contributed by atoms with van der Waals surface area (Å²) in [5.74, 6) is 0.767. The maximum Gasteiger partial charge on any atom is 0.351 e. The number of Topliss-reactive ketones (excluding diaryl/α,β-unsaturated/α-hetero) is 1. The van der Waals surface area contributed by atoms with E-state index in [4.69, 9.17) is 18.9 Å². The molecule has 2 aromatic rings. The molecular weight excluding hydrogens is 324 g/mol. The molecule has 2 atom stereocenters. The molecule has 0 fully saturated rings. The van der Waals surface area contributed by atoms with Gasteiger partial charge in [0.05, 0.1) is 7.11 Å². The zero-order chi connectivity index (χ0) is 17.8. The first-order chi connectivity index (χ1) is 12.1. The summed E-state index contributed by atoms with van der Waals surface area (Å²) in [5, 5.41) is 0. The normalized spacial score (nSPS) is 16.6. The number of methoxy groups -OCH3 is 1. The van der Waals surface area contributed by atoms with E-state index in [2.05, 4.69) is 0 Å². The third kappa shape index (κ3) is 3.74. The molecule has 1 aliphatic rings. The number of fused-ring (bicyclic) bond motifs is 1. The molecule has 6 heteroatoms. The Kier molecular flexibility index (Phi) is 4.88. The van der Waals surface area contributed by atoms with Crippen LogP contribution < -0.4 is 14.2 Å². The first kappa shape index (κ1) is 16.8. The third-order valence-electron chi connectivity index (χ3n) is 3.81. The molecular formula is C19H18O6. The number of rotatable bonds is 5. The first-order valence-electron chi connectivity index (χ1n) is 7.85. The highest BCUT2D eigenvalue weighted by atomic mass is 16.6. The van der Waals surface area contributed by atoms with Crippen LogP contribution in [-0.2, 0) is 9.53 Å². The minimum Gasteiger partial charge on any atom is -0.497 e. The maximum absolute atomic E-state index is 12.4. The van der Waals surface area contributed by atoms with Gasteiger partial charge in [0, 0.05) is 5.56 Å². The molecule has 1 aliphatic heterocycles. The summed E-state index contributed by atoms with van der Waals surface area (Å²) < 4.78 is 21.4. The summed E-state index contributed by atoms with van der Waals surface area (Å²) in [6.07, 6.45) is -1.83. The molecule has 25 heavy (non-hydrogen) atoms. The molecule has 3 rings (SSSR count). The van der Waals surface area contributed by atoms with E-state index < -0.39 is 18.2 Å². The second-order valence-corrected chi connectivity index (χ2v) is 5.54. The van der Waals surface area contributed by atoms with Crippen molar-refractivity contribution in [3.05, 3.63) is 54.1 Å². The molecule has 0 unspecified atom stereocenters. The van der Waals surface area contributed by atoms with Crippen molar-refractivity contribution in [2.45, 2.75) is 19.1 Å². The second-order valence-electron chi connectivity index (χ2n) is 5.54. The van der Waals surface area contributed by atoms with E-state index in [1.165, 1.54) is 6.92 Å². The van der Waals surface area contributed by atoms with Crippen LogP contribution in [0, 0.1) is 0 Å². The summed E-state index contributed by atoms with van der Waals surface area (Å²) in [7, 11) is 1.55. The molecule has 0 saturated heterocycles. The molecule has 130 valence electrons. The topological polar surface area (TPSA) is 71.1 Å². The summed E-state index contributed by atoms with van der Waals surface area (Å²) >= 11 is 0. The number of ether oxygens (including phenoxy) is 4.